The number of phenols is 1. The third-order valence-electron chi connectivity index (χ3n) is 2.25. The first-order valence-corrected chi connectivity index (χ1v) is 5.41. The standard InChI is InChI=1S/C10H9NO3S/c1-6-2-3-7-4-5-8(15(13)14)11-9(7)10(6)12/h2-5,11-12H,1H3. The van der Waals surface area contributed by atoms with Crippen LogP contribution in [0.15, 0.2) is 24.3 Å². The van der Waals surface area contributed by atoms with E-state index in [0.717, 1.165) is 5.39 Å². The molecule has 1 heterocycles. The van der Waals surface area contributed by atoms with E-state index in [9.17, 15) is 13.5 Å². The van der Waals surface area contributed by atoms with Crippen LogP contribution in [0.1, 0.15) is 5.56 Å². The molecule has 0 bridgehead atoms. The average molecular weight is 223 g/mol. The second-order valence-electron chi connectivity index (χ2n) is 3.25. The quantitative estimate of drug-likeness (QED) is 0.666. The van der Waals surface area contributed by atoms with E-state index in [1.54, 1.807) is 19.1 Å². The van der Waals surface area contributed by atoms with E-state index in [1.165, 1.54) is 6.07 Å². The highest BCUT2D eigenvalue weighted by Crippen LogP contribution is 2.25. The number of hydrogen-bond acceptors (Lipinski definition) is 3. The molecule has 2 N–H and O–H groups in total. The number of aryl methyl sites for hydroxylation is 1. The minimum atomic E-state index is -2.32. The van der Waals surface area contributed by atoms with Crippen LogP contribution in [0.25, 0.3) is 10.9 Å². The monoisotopic (exact) mass is 223 g/mol. The number of benzene rings is 1. The lowest BCUT2D eigenvalue weighted by atomic mass is 10.1. The van der Waals surface area contributed by atoms with Gasteiger partial charge in [0.25, 0.3) is 0 Å². The van der Waals surface area contributed by atoms with Gasteiger partial charge in [0.1, 0.15) is 5.75 Å². The van der Waals surface area contributed by atoms with Gasteiger partial charge in [-0.05, 0) is 24.6 Å². The van der Waals surface area contributed by atoms with Gasteiger partial charge in [-0.2, -0.15) is 8.42 Å². The van der Waals surface area contributed by atoms with Crippen LogP contribution in [-0.2, 0) is 10.3 Å². The van der Waals surface area contributed by atoms with Crippen LogP contribution in [0.5, 0.6) is 5.75 Å². The zero-order valence-electron chi connectivity index (χ0n) is 7.98. The number of phenolic OH excluding ortho intramolecular Hbond substituents is 1. The smallest absolute Gasteiger partial charge is 0.238 e. The molecule has 0 aliphatic carbocycles. The number of hydrogen-bond donors (Lipinski definition) is 2. The number of rotatable bonds is 0. The topological polar surface area (TPSA) is 70.2 Å². The van der Waals surface area contributed by atoms with Crippen molar-refractivity contribution in [1.82, 2.24) is 4.98 Å². The number of pyridine rings is 1. The lowest BCUT2D eigenvalue weighted by molar-refractivity contribution is 0.476. The Kier molecular flexibility index (Phi) is 2.24. The first-order chi connectivity index (χ1) is 7.09. The number of aromatic amines is 1. The fraction of sp³-hybridized carbons (Fsp3) is 0.100. The summed E-state index contributed by atoms with van der Waals surface area (Å²) in [5, 5.41) is 10.5. The average Bonchev–Trinajstić information content (AvgIpc) is 2.23. The summed E-state index contributed by atoms with van der Waals surface area (Å²) in [6, 6.07) is 6.70. The molecule has 0 saturated carbocycles. The highest BCUT2D eigenvalue weighted by Gasteiger charge is 2.02. The molecule has 4 nitrogen and oxygen atoms in total. The number of aromatic hydroxyl groups is 1. The lowest BCUT2D eigenvalue weighted by Crippen LogP contribution is -1.84. The fourth-order valence-corrected chi connectivity index (χ4v) is 1.77. The molecular weight excluding hydrogens is 214 g/mol. The number of aromatic nitrogens is 1. The van der Waals surface area contributed by atoms with Crippen molar-refractivity contribution in [3.8, 4) is 5.75 Å². The first-order valence-electron chi connectivity index (χ1n) is 4.33. The minimum Gasteiger partial charge on any atom is -0.505 e. The summed E-state index contributed by atoms with van der Waals surface area (Å²) < 4.78 is 21.5. The number of nitrogens with one attached hydrogen (secondary N) is 1. The van der Waals surface area contributed by atoms with Gasteiger partial charge in [0.2, 0.25) is 10.3 Å². The highest BCUT2D eigenvalue weighted by molar-refractivity contribution is 7.63. The Hall–Kier alpha value is -1.75. The van der Waals surface area contributed by atoms with Crippen molar-refractivity contribution in [3.63, 3.8) is 0 Å². The lowest BCUT2D eigenvalue weighted by Gasteiger charge is -2.03. The maximum absolute atomic E-state index is 10.7. The first kappa shape index (κ1) is 9.79. The summed E-state index contributed by atoms with van der Waals surface area (Å²) in [4.78, 5) is 2.67. The second kappa shape index (κ2) is 3.43. The molecular formula is C10H9NO3S. The summed E-state index contributed by atoms with van der Waals surface area (Å²) >= 11 is 0. The molecule has 0 fully saturated rings. The van der Waals surface area contributed by atoms with Crippen molar-refractivity contribution in [3.05, 3.63) is 34.5 Å². The number of fused-ring (bicyclic) bond motifs is 1. The third kappa shape index (κ3) is 1.61. The molecule has 0 atom stereocenters. The van der Waals surface area contributed by atoms with Crippen LogP contribution in [0.4, 0.5) is 0 Å². The van der Waals surface area contributed by atoms with Crippen molar-refractivity contribution in [2.45, 2.75) is 6.92 Å². The van der Waals surface area contributed by atoms with E-state index in [1.807, 2.05) is 6.07 Å². The Morgan fingerprint density at radius 3 is 2.53 bits per heavy atom. The molecule has 2 aromatic rings. The van der Waals surface area contributed by atoms with Gasteiger partial charge in [-0.3, -0.25) is 0 Å². The Morgan fingerprint density at radius 2 is 1.87 bits per heavy atom. The SMILES string of the molecule is Cc1ccc2ccc(=S(=O)=O)[nH]c2c1O. The van der Waals surface area contributed by atoms with Crippen molar-refractivity contribution in [2.75, 3.05) is 0 Å². The molecule has 78 valence electrons. The zero-order chi connectivity index (χ0) is 11.0. The van der Waals surface area contributed by atoms with Crippen LogP contribution >= 0.6 is 0 Å². The van der Waals surface area contributed by atoms with Crippen LogP contribution in [-0.4, -0.2) is 18.5 Å². The largest absolute Gasteiger partial charge is 0.505 e. The molecule has 0 aliphatic rings. The van der Waals surface area contributed by atoms with Crippen molar-refractivity contribution < 1.29 is 13.5 Å². The molecule has 0 radical (unpaired) electrons. The zero-order valence-corrected chi connectivity index (χ0v) is 8.80. The fourth-order valence-electron chi connectivity index (χ4n) is 1.41. The van der Waals surface area contributed by atoms with E-state index in [2.05, 4.69) is 4.98 Å². The Labute approximate surface area is 87.4 Å². The summed E-state index contributed by atoms with van der Waals surface area (Å²) in [5.74, 6) is 0.0831. The minimum absolute atomic E-state index is 0.0587. The van der Waals surface area contributed by atoms with Crippen molar-refractivity contribution in [2.24, 2.45) is 0 Å². The molecule has 0 saturated heterocycles. The Balaban J connectivity index is 3.05. The summed E-state index contributed by atoms with van der Waals surface area (Å²) in [5.41, 5.74) is 1.14. The van der Waals surface area contributed by atoms with Crippen LogP contribution in [0.2, 0.25) is 0 Å². The molecule has 0 unspecified atom stereocenters. The third-order valence-corrected chi connectivity index (χ3v) is 2.85. The second-order valence-corrected chi connectivity index (χ2v) is 4.16. The molecule has 1 aromatic heterocycles. The highest BCUT2D eigenvalue weighted by atomic mass is 32.2. The van der Waals surface area contributed by atoms with Gasteiger partial charge in [0.05, 0.1) is 5.52 Å². The molecule has 1 aromatic carbocycles. The van der Waals surface area contributed by atoms with Gasteiger partial charge in [-0.25, -0.2) is 0 Å². The maximum Gasteiger partial charge on any atom is 0.238 e. The predicted molar refractivity (Wildman–Crippen MR) is 56.9 cm³/mol. The van der Waals surface area contributed by atoms with Gasteiger partial charge in [-0.15, -0.1) is 0 Å². The van der Waals surface area contributed by atoms with Gasteiger partial charge in [-0.1, -0.05) is 12.1 Å². The summed E-state index contributed by atoms with van der Waals surface area (Å²) in [6.45, 7) is 1.75. The normalized spacial score (nSPS) is 10.5. The van der Waals surface area contributed by atoms with Gasteiger partial charge < -0.3 is 10.1 Å². The van der Waals surface area contributed by atoms with Crippen molar-refractivity contribution >= 4 is 21.2 Å². The molecule has 0 amide bonds. The molecule has 2 rings (SSSR count). The van der Waals surface area contributed by atoms with Crippen LogP contribution in [0.3, 0.4) is 0 Å². The Morgan fingerprint density at radius 1 is 1.20 bits per heavy atom. The summed E-state index contributed by atoms with van der Waals surface area (Å²) in [7, 11) is -2.32. The maximum atomic E-state index is 10.7. The van der Waals surface area contributed by atoms with Crippen LogP contribution < -0.4 is 0 Å². The van der Waals surface area contributed by atoms with Crippen molar-refractivity contribution in [1.29, 1.82) is 0 Å². The summed E-state index contributed by atoms with van der Waals surface area (Å²) in [6.07, 6.45) is 0. The van der Waals surface area contributed by atoms with Crippen LogP contribution in [0, 0.1) is 11.6 Å². The van der Waals surface area contributed by atoms with E-state index < -0.39 is 10.3 Å². The Bertz CT molecular complexity index is 690. The number of H-pyrrole nitrogens is 1. The molecule has 0 aliphatic heterocycles. The van der Waals surface area contributed by atoms with Gasteiger partial charge in [0, 0.05) is 5.39 Å². The van der Waals surface area contributed by atoms with E-state index in [0.29, 0.717) is 11.1 Å². The molecule has 5 heteroatoms. The molecule has 0 spiro atoms. The van der Waals surface area contributed by atoms with E-state index >= 15 is 0 Å². The predicted octanol–water partition coefficient (Wildman–Crippen LogP) is 1.59. The van der Waals surface area contributed by atoms with Gasteiger partial charge in [0.15, 0.2) is 4.64 Å². The van der Waals surface area contributed by atoms with Gasteiger partial charge >= 0.3 is 0 Å². The van der Waals surface area contributed by atoms with E-state index in [-0.39, 0.29) is 10.4 Å². The van der Waals surface area contributed by atoms with E-state index in [4.69, 9.17) is 0 Å². The molecule has 15 heavy (non-hydrogen) atoms.